The van der Waals surface area contributed by atoms with E-state index in [1.165, 1.54) is 24.4 Å². The van der Waals surface area contributed by atoms with Crippen molar-refractivity contribution in [2.45, 2.75) is 50.2 Å². The number of thioether (sulfide) groups is 1. The summed E-state index contributed by atoms with van der Waals surface area (Å²) < 4.78 is 6.24. The van der Waals surface area contributed by atoms with Gasteiger partial charge in [0.25, 0.3) is 5.56 Å². The number of rotatable bonds is 8. The number of fused-ring (bicyclic) bond motifs is 4. The van der Waals surface area contributed by atoms with Gasteiger partial charge in [-0.15, -0.1) is 0 Å². The van der Waals surface area contributed by atoms with Crippen LogP contribution in [-0.4, -0.2) is 50.1 Å². The first-order valence-corrected chi connectivity index (χ1v) is 12.1. The van der Waals surface area contributed by atoms with E-state index >= 15 is 0 Å². The van der Waals surface area contributed by atoms with Crippen LogP contribution in [0.3, 0.4) is 0 Å². The summed E-state index contributed by atoms with van der Waals surface area (Å²) in [6, 6.07) is 5.52. The predicted octanol–water partition coefficient (Wildman–Crippen LogP) is 3.04. The Hall–Kier alpha value is -1.71. The van der Waals surface area contributed by atoms with Gasteiger partial charge in [-0.1, -0.05) is 37.6 Å². The van der Waals surface area contributed by atoms with E-state index in [2.05, 4.69) is 26.5 Å². The Balaban J connectivity index is 1.30. The monoisotopic (exact) mass is 433 g/mol. The van der Waals surface area contributed by atoms with Crippen LogP contribution in [0.4, 0.5) is 5.13 Å². The average Bonchev–Trinajstić information content (AvgIpc) is 3.13. The fourth-order valence-corrected chi connectivity index (χ4v) is 5.88. The van der Waals surface area contributed by atoms with Crippen molar-refractivity contribution in [2.75, 3.05) is 30.7 Å². The Kier molecular flexibility index (Phi) is 6.67. The van der Waals surface area contributed by atoms with Crippen molar-refractivity contribution in [2.24, 2.45) is 5.92 Å². The van der Waals surface area contributed by atoms with Gasteiger partial charge in [-0.2, -0.15) is 9.36 Å². The molecule has 2 bridgehead atoms. The molecule has 2 aliphatic rings. The molecule has 0 aromatic carbocycles. The number of carbonyl (C=O) groups excluding carboxylic acids is 1. The van der Waals surface area contributed by atoms with Crippen LogP contribution in [-0.2, 0) is 11.3 Å². The number of hydrogen-bond acceptors (Lipinski definition) is 7. The first kappa shape index (κ1) is 20.6. The highest BCUT2D eigenvalue weighted by atomic mass is 32.2. The van der Waals surface area contributed by atoms with Gasteiger partial charge in [0.05, 0.1) is 6.54 Å². The lowest BCUT2D eigenvalue weighted by molar-refractivity contribution is -0.117. The number of unbranched alkanes of at least 4 members (excludes halogenated alkanes) is 2. The van der Waals surface area contributed by atoms with Gasteiger partial charge in [-0.3, -0.25) is 19.8 Å². The summed E-state index contributed by atoms with van der Waals surface area (Å²) in [5.74, 6) is 1.70. The number of anilines is 1. The molecule has 2 unspecified atom stereocenters. The number of likely N-dealkylation sites (tertiary alicyclic amines) is 1. The Morgan fingerprint density at radius 2 is 2.21 bits per heavy atom. The molecule has 156 valence electrons. The largest absolute Gasteiger partial charge is 0.312 e. The highest BCUT2D eigenvalue weighted by molar-refractivity contribution is 7.99. The summed E-state index contributed by atoms with van der Waals surface area (Å²) in [6.07, 6.45) is 4.68. The minimum absolute atomic E-state index is 0.0471. The Bertz CT molecular complexity index is 912. The van der Waals surface area contributed by atoms with E-state index in [9.17, 15) is 9.59 Å². The van der Waals surface area contributed by atoms with E-state index in [0.717, 1.165) is 49.1 Å². The maximum atomic E-state index is 12.5. The molecule has 0 aliphatic carbocycles. The quantitative estimate of drug-likeness (QED) is 0.509. The number of carbonyl (C=O) groups is 1. The number of pyridine rings is 1. The number of nitrogens with one attached hydrogen (secondary N) is 1. The van der Waals surface area contributed by atoms with Gasteiger partial charge in [0.1, 0.15) is 0 Å². The lowest BCUT2D eigenvalue weighted by Gasteiger charge is -2.42. The van der Waals surface area contributed by atoms with Crippen LogP contribution < -0.4 is 10.9 Å². The number of amides is 1. The molecule has 1 amide bonds. The van der Waals surface area contributed by atoms with E-state index in [0.29, 0.717) is 23.5 Å². The first-order valence-electron chi connectivity index (χ1n) is 10.3. The van der Waals surface area contributed by atoms with Crippen molar-refractivity contribution in [1.29, 1.82) is 0 Å². The third-order valence-electron chi connectivity index (χ3n) is 5.56. The third-order valence-corrected chi connectivity index (χ3v) is 7.24. The fourth-order valence-electron chi connectivity index (χ4n) is 4.32. The van der Waals surface area contributed by atoms with Crippen molar-refractivity contribution in [3.8, 4) is 0 Å². The van der Waals surface area contributed by atoms with Crippen molar-refractivity contribution in [3.63, 3.8) is 0 Å². The normalized spacial score (nSPS) is 21.0. The molecular weight excluding hydrogens is 406 g/mol. The van der Waals surface area contributed by atoms with Crippen molar-refractivity contribution in [3.05, 3.63) is 34.2 Å². The minimum Gasteiger partial charge on any atom is -0.312 e. The summed E-state index contributed by atoms with van der Waals surface area (Å²) in [5.41, 5.74) is 1.19. The van der Waals surface area contributed by atoms with E-state index < -0.39 is 0 Å². The summed E-state index contributed by atoms with van der Waals surface area (Å²) in [5, 5.41) is 4.22. The van der Waals surface area contributed by atoms with Crippen LogP contribution in [0.15, 0.2) is 28.2 Å². The molecule has 0 radical (unpaired) electrons. The van der Waals surface area contributed by atoms with Crippen molar-refractivity contribution < 1.29 is 4.79 Å². The smallest absolute Gasteiger partial charge is 0.250 e. The molecule has 2 aliphatic heterocycles. The molecule has 7 nitrogen and oxygen atoms in total. The summed E-state index contributed by atoms with van der Waals surface area (Å²) in [7, 11) is 0. The zero-order chi connectivity index (χ0) is 20.2. The molecule has 2 aromatic rings. The predicted molar refractivity (Wildman–Crippen MR) is 117 cm³/mol. The Labute approximate surface area is 179 Å². The molecule has 9 heteroatoms. The second-order valence-electron chi connectivity index (χ2n) is 7.88. The van der Waals surface area contributed by atoms with Gasteiger partial charge >= 0.3 is 0 Å². The maximum absolute atomic E-state index is 12.5. The number of aromatic nitrogens is 3. The van der Waals surface area contributed by atoms with E-state index in [1.54, 1.807) is 17.8 Å². The molecule has 2 aromatic heterocycles. The van der Waals surface area contributed by atoms with Gasteiger partial charge in [0.2, 0.25) is 16.2 Å². The average molecular weight is 434 g/mol. The number of piperidine rings is 1. The molecule has 1 saturated heterocycles. The molecule has 29 heavy (non-hydrogen) atoms. The molecule has 1 fully saturated rings. The lowest BCUT2D eigenvalue weighted by atomic mass is 9.83. The van der Waals surface area contributed by atoms with E-state index in [1.807, 2.05) is 16.7 Å². The summed E-state index contributed by atoms with van der Waals surface area (Å²) in [6.45, 7) is 4.94. The number of hydrogen-bond donors (Lipinski definition) is 1. The fraction of sp³-hybridized carbons (Fsp3) is 0.600. The molecule has 4 heterocycles. The second kappa shape index (κ2) is 9.40. The van der Waals surface area contributed by atoms with E-state index in [4.69, 9.17) is 0 Å². The van der Waals surface area contributed by atoms with Crippen molar-refractivity contribution >= 4 is 34.3 Å². The first-order chi connectivity index (χ1) is 14.1. The van der Waals surface area contributed by atoms with Crippen LogP contribution >= 0.6 is 23.3 Å². The van der Waals surface area contributed by atoms with Gasteiger partial charge < -0.3 is 4.57 Å². The molecule has 0 spiro atoms. The van der Waals surface area contributed by atoms with Crippen LogP contribution in [0.1, 0.15) is 44.2 Å². The second-order valence-corrected chi connectivity index (χ2v) is 9.69. The van der Waals surface area contributed by atoms with Crippen LogP contribution in [0.2, 0.25) is 0 Å². The van der Waals surface area contributed by atoms with Gasteiger partial charge in [-0.05, 0) is 24.8 Å². The Morgan fingerprint density at radius 1 is 1.31 bits per heavy atom. The summed E-state index contributed by atoms with van der Waals surface area (Å²) >= 11 is 2.89. The van der Waals surface area contributed by atoms with Crippen molar-refractivity contribution in [1.82, 2.24) is 18.8 Å². The van der Waals surface area contributed by atoms with Gasteiger partial charge in [0.15, 0.2) is 0 Å². The zero-order valence-corrected chi connectivity index (χ0v) is 18.3. The highest BCUT2D eigenvalue weighted by Gasteiger charge is 2.35. The lowest BCUT2D eigenvalue weighted by Crippen LogP contribution is -2.49. The summed E-state index contributed by atoms with van der Waals surface area (Å²) in [4.78, 5) is 31.3. The molecule has 2 atom stereocenters. The van der Waals surface area contributed by atoms with Crippen LogP contribution in [0.25, 0.3) is 0 Å². The molecular formula is C20H27N5O2S2. The zero-order valence-electron chi connectivity index (χ0n) is 16.7. The maximum Gasteiger partial charge on any atom is 0.250 e. The minimum atomic E-state index is -0.0471. The number of nitrogens with zero attached hydrogens (tertiary/aromatic N) is 4. The standard InChI is InChI=1S/C20H27N5O2S2/c1-2-3-4-8-28-20-22-19(29-23-20)21-17(26)13-24-10-14-9-15(12-24)16-6-5-7-18(27)25(16)11-14/h5-7,14-15H,2-4,8-13H2,1H3,(H,21,22,23,26). The van der Waals surface area contributed by atoms with E-state index in [-0.39, 0.29) is 11.5 Å². The van der Waals surface area contributed by atoms with Gasteiger partial charge in [0, 0.05) is 54.6 Å². The van der Waals surface area contributed by atoms with Crippen LogP contribution in [0, 0.1) is 5.92 Å². The third kappa shape index (κ3) is 5.07. The van der Waals surface area contributed by atoms with Crippen LogP contribution in [0.5, 0.6) is 0 Å². The highest BCUT2D eigenvalue weighted by Crippen LogP contribution is 2.34. The molecule has 4 rings (SSSR count). The topological polar surface area (TPSA) is 80.1 Å². The molecule has 0 saturated carbocycles. The SMILES string of the molecule is CCCCCSc1nsc(NC(=O)CN2CC3CC(C2)c2cccc(=O)n2C3)n1. The molecule has 1 N–H and O–H groups in total. The Morgan fingerprint density at radius 3 is 3.07 bits per heavy atom. The van der Waals surface area contributed by atoms with Gasteiger partial charge in [-0.25, -0.2) is 0 Å².